The smallest absolute Gasteiger partial charge is 0.550 e. The van der Waals surface area contributed by atoms with Crippen LogP contribution in [0.25, 0.3) is 0 Å². The van der Waals surface area contributed by atoms with Crippen LogP contribution in [0.5, 0.6) is 0 Å². The monoisotopic (exact) mass is 320 g/mol. The number of rotatable bonds is 15. The molecule has 0 bridgehead atoms. The van der Waals surface area contributed by atoms with E-state index in [0.29, 0.717) is 0 Å². The van der Waals surface area contributed by atoms with Crippen molar-refractivity contribution in [3.05, 3.63) is 12.2 Å². The first-order chi connectivity index (χ1) is 10.2. The Morgan fingerprint density at radius 2 is 1.64 bits per heavy atom. The molecular formula is C18H33NaO3. The van der Waals surface area contributed by atoms with Gasteiger partial charge < -0.3 is 15.0 Å². The van der Waals surface area contributed by atoms with Crippen molar-refractivity contribution in [2.24, 2.45) is 0 Å². The summed E-state index contributed by atoms with van der Waals surface area (Å²) in [5.74, 6) is -0.939. The standard InChI is InChI=1S/C18H34O3.Na/c1-2-3-4-11-14-17(19)15-12-9-7-5-6-8-10-13-16-18(20)21;/h9,12,17,19H,2-8,10-11,13-16H2,1H3,(H,20,21);/q;+1/p-1/b12-9+;/t17-;/m1./s1. The molecule has 124 valence electrons. The molecular weight excluding hydrogens is 287 g/mol. The third-order valence-corrected chi connectivity index (χ3v) is 3.72. The molecule has 0 saturated carbocycles. The summed E-state index contributed by atoms with van der Waals surface area (Å²) in [5, 5.41) is 20.0. The van der Waals surface area contributed by atoms with E-state index in [1.54, 1.807) is 0 Å². The van der Waals surface area contributed by atoms with Gasteiger partial charge in [0.25, 0.3) is 0 Å². The van der Waals surface area contributed by atoms with Gasteiger partial charge in [0, 0.05) is 5.97 Å². The summed E-state index contributed by atoms with van der Waals surface area (Å²) in [6.45, 7) is 2.20. The predicted molar refractivity (Wildman–Crippen MR) is 85.8 cm³/mol. The molecule has 0 aliphatic carbocycles. The van der Waals surface area contributed by atoms with E-state index in [9.17, 15) is 15.0 Å². The first kappa shape index (κ1) is 24.4. The van der Waals surface area contributed by atoms with Crippen LogP contribution in [0.15, 0.2) is 12.2 Å². The van der Waals surface area contributed by atoms with Crippen molar-refractivity contribution < 1.29 is 44.6 Å². The Morgan fingerprint density at radius 1 is 1.00 bits per heavy atom. The number of hydrogen-bond acceptors (Lipinski definition) is 3. The van der Waals surface area contributed by atoms with Crippen molar-refractivity contribution in [1.29, 1.82) is 0 Å². The summed E-state index contributed by atoms with van der Waals surface area (Å²) in [6.07, 6.45) is 17.0. The van der Waals surface area contributed by atoms with Gasteiger partial charge in [-0.2, -0.15) is 0 Å². The molecule has 4 heteroatoms. The number of carbonyl (C=O) groups is 1. The number of aliphatic hydroxyl groups is 1. The predicted octanol–water partition coefficient (Wildman–Crippen LogP) is 0.749. The van der Waals surface area contributed by atoms with Crippen molar-refractivity contribution in [3.8, 4) is 0 Å². The molecule has 0 amide bonds. The molecule has 0 heterocycles. The summed E-state index contributed by atoms with van der Waals surface area (Å²) in [6, 6.07) is 0. The second-order valence-electron chi connectivity index (χ2n) is 5.89. The van der Waals surface area contributed by atoms with E-state index in [4.69, 9.17) is 0 Å². The van der Waals surface area contributed by atoms with Crippen LogP contribution in [0.4, 0.5) is 0 Å². The van der Waals surface area contributed by atoms with Gasteiger partial charge in [-0.05, 0) is 38.5 Å². The number of carboxylic acids is 1. The van der Waals surface area contributed by atoms with Crippen LogP contribution in [0.3, 0.4) is 0 Å². The molecule has 0 aliphatic rings. The van der Waals surface area contributed by atoms with Gasteiger partial charge in [-0.3, -0.25) is 0 Å². The van der Waals surface area contributed by atoms with Crippen LogP contribution in [-0.2, 0) is 4.79 Å². The quantitative estimate of drug-likeness (QED) is 0.275. The summed E-state index contributed by atoms with van der Waals surface area (Å²) in [4.78, 5) is 10.2. The van der Waals surface area contributed by atoms with Crippen LogP contribution in [0.2, 0.25) is 0 Å². The van der Waals surface area contributed by atoms with Crippen LogP contribution in [0, 0.1) is 0 Å². The molecule has 0 fully saturated rings. The second kappa shape index (κ2) is 19.2. The average molecular weight is 320 g/mol. The molecule has 0 aromatic carbocycles. The second-order valence-corrected chi connectivity index (χ2v) is 5.89. The first-order valence-corrected chi connectivity index (χ1v) is 8.69. The molecule has 1 N–H and O–H groups in total. The fraction of sp³-hybridized carbons (Fsp3) is 0.833. The van der Waals surface area contributed by atoms with E-state index in [0.717, 1.165) is 57.8 Å². The third-order valence-electron chi connectivity index (χ3n) is 3.72. The maximum absolute atomic E-state index is 10.2. The summed E-state index contributed by atoms with van der Waals surface area (Å²) >= 11 is 0. The minimum absolute atomic E-state index is 0. The Labute approximate surface area is 158 Å². The van der Waals surface area contributed by atoms with Crippen molar-refractivity contribution in [1.82, 2.24) is 0 Å². The van der Waals surface area contributed by atoms with Gasteiger partial charge in [0.15, 0.2) is 0 Å². The van der Waals surface area contributed by atoms with E-state index in [-0.39, 0.29) is 42.1 Å². The molecule has 0 rings (SSSR count). The molecule has 0 aromatic heterocycles. The van der Waals surface area contributed by atoms with Crippen molar-refractivity contribution in [2.45, 2.75) is 96.5 Å². The van der Waals surface area contributed by atoms with E-state index < -0.39 is 5.97 Å². The molecule has 0 aromatic rings. The number of allylic oxidation sites excluding steroid dienone is 1. The number of hydrogen-bond donors (Lipinski definition) is 1. The molecule has 22 heavy (non-hydrogen) atoms. The van der Waals surface area contributed by atoms with Gasteiger partial charge in [-0.1, -0.05) is 64.0 Å². The number of carbonyl (C=O) groups excluding carboxylic acids is 1. The van der Waals surface area contributed by atoms with E-state index in [2.05, 4.69) is 19.1 Å². The Hall–Kier alpha value is 0.170. The Bertz CT molecular complexity index is 267. The van der Waals surface area contributed by atoms with E-state index in [1.807, 2.05) is 0 Å². The fourth-order valence-corrected chi connectivity index (χ4v) is 2.36. The van der Waals surface area contributed by atoms with Gasteiger partial charge in [-0.15, -0.1) is 0 Å². The molecule has 0 spiro atoms. The Morgan fingerprint density at radius 3 is 2.32 bits per heavy atom. The maximum atomic E-state index is 10.2. The molecule has 0 saturated heterocycles. The number of aliphatic carboxylic acids is 1. The van der Waals surface area contributed by atoms with Crippen molar-refractivity contribution >= 4 is 5.97 Å². The van der Waals surface area contributed by atoms with Gasteiger partial charge in [-0.25, -0.2) is 0 Å². The zero-order valence-corrected chi connectivity index (χ0v) is 16.7. The van der Waals surface area contributed by atoms with Crippen LogP contribution in [0.1, 0.15) is 90.4 Å². The summed E-state index contributed by atoms with van der Waals surface area (Å²) < 4.78 is 0. The number of unbranched alkanes of at least 4 members (excludes halogenated alkanes) is 8. The van der Waals surface area contributed by atoms with Crippen LogP contribution < -0.4 is 34.7 Å². The third kappa shape index (κ3) is 20.2. The number of aliphatic hydroxyl groups excluding tert-OH is 1. The van der Waals surface area contributed by atoms with Crippen molar-refractivity contribution in [3.63, 3.8) is 0 Å². The van der Waals surface area contributed by atoms with Gasteiger partial charge in [0.2, 0.25) is 0 Å². The van der Waals surface area contributed by atoms with Crippen LogP contribution in [-0.4, -0.2) is 17.2 Å². The minimum Gasteiger partial charge on any atom is -0.550 e. The van der Waals surface area contributed by atoms with E-state index >= 15 is 0 Å². The zero-order valence-electron chi connectivity index (χ0n) is 14.7. The Balaban J connectivity index is 0. The Kier molecular flexibility index (Phi) is 21.3. The molecule has 0 unspecified atom stereocenters. The van der Waals surface area contributed by atoms with Crippen molar-refractivity contribution in [2.75, 3.05) is 0 Å². The summed E-state index contributed by atoms with van der Waals surface area (Å²) in [5.41, 5.74) is 0. The largest absolute Gasteiger partial charge is 1.00 e. The molecule has 0 radical (unpaired) electrons. The molecule has 3 nitrogen and oxygen atoms in total. The topological polar surface area (TPSA) is 60.4 Å². The zero-order chi connectivity index (χ0) is 15.8. The average Bonchev–Trinajstić information content (AvgIpc) is 2.45. The molecule has 0 aliphatic heterocycles. The summed E-state index contributed by atoms with van der Waals surface area (Å²) in [7, 11) is 0. The fourth-order valence-electron chi connectivity index (χ4n) is 2.36. The van der Waals surface area contributed by atoms with Crippen LogP contribution >= 0.6 is 0 Å². The molecule has 1 atom stereocenters. The maximum Gasteiger partial charge on any atom is 1.00 e. The first-order valence-electron chi connectivity index (χ1n) is 8.69. The van der Waals surface area contributed by atoms with Gasteiger partial charge >= 0.3 is 29.6 Å². The SMILES string of the molecule is CCCCCC[C@@H](O)C/C=C/CCCCCCCC(=O)[O-].[Na+]. The van der Waals surface area contributed by atoms with E-state index in [1.165, 1.54) is 19.3 Å². The van der Waals surface area contributed by atoms with Gasteiger partial charge in [0.05, 0.1) is 6.10 Å². The van der Waals surface area contributed by atoms with Gasteiger partial charge in [0.1, 0.15) is 0 Å². The number of carboxylic acid groups (broad SMARTS) is 1. The minimum atomic E-state index is -0.939. The normalized spacial score (nSPS) is 12.3.